The van der Waals surface area contributed by atoms with Crippen molar-refractivity contribution in [3.05, 3.63) is 28.2 Å². The molecule has 1 aromatic rings. The molecule has 116 valence electrons. The molecule has 0 radical (unpaired) electrons. The van der Waals surface area contributed by atoms with Gasteiger partial charge in [-0.1, -0.05) is 28.9 Å². The van der Waals surface area contributed by atoms with Crippen molar-refractivity contribution in [1.82, 2.24) is 10.6 Å². The second kappa shape index (κ2) is 8.67. The third-order valence-electron chi connectivity index (χ3n) is 3.11. The summed E-state index contributed by atoms with van der Waals surface area (Å²) in [6.07, 6.45) is 0.990. The molecule has 0 fully saturated rings. The molecule has 6 heteroatoms. The van der Waals surface area contributed by atoms with Crippen molar-refractivity contribution < 1.29 is 4.79 Å². The molecule has 1 rings (SSSR count). The molecule has 0 aromatic heterocycles. The highest BCUT2D eigenvalue weighted by molar-refractivity contribution is 9.10. The van der Waals surface area contributed by atoms with Gasteiger partial charge in [0.25, 0.3) is 0 Å². The number of halogens is 1. The van der Waals surface area contributed by atoms with E-state index in [1.807, 2.05) is 25.1 Å². The SMILES string of the molecule is CCC(C)NC(=NC)NCC(=O)Nc1cc(Br)ccc1C. The van der Waals surface area contributed by atoms with E-state index in [4.69, 9.17) is 0 Å². The zero-order chi connectivity index (χ0) is 15.8. The number of rotatable bonds is 5. The molecular formula is C15H23BrN4O. The van der Waals surface area contributed by atoms with Gasteiger partial charge in [-0.2, -0.15) is 0 Å². The number of benzene rings is 1. The van der Waals surface area contributed by atoms with E-state index >= 15 is 0 Å². The van der Waals surface area contributed by atoms with Gasteiger partial charge >= 0.3 is 0 Å². The number of amides is 1. The number of carbonyl (C=O) groups is 1. The van der Waals surface area contributed by atoms with Crippen molar-refractivity contribution in [3.63, 3.8) is 0 Å². The summed E-state index contributed by atoms with van der Waals surface area (Å²) in [5.41, 5.74) is 1.83. The van der Waals surface area contributed by atoms with Crippen LogP contribution in [0.15, 0.2) is 27.7 Å². The van der Waals surface area contributed by atoms with E-state index in [1.165, 1.54) is 0 Å². The fraction of sp³-hybridized carbons (Fsp3) is 0.467. The number of hydrogen-bond donors (Lipinski definition) is 3. The minimum Gasteiger partial charge on any atom is -0.354 e. The molecule has 1 unspecified atom stereocenters. The fourth-order valence-electron chi connectivity index (χ4n) is 1.62. The highest BCUT2D eigenvalue weighted by Crippen LogP contribution is 2.20. The molecule has 1 atom stereocenters. The molecule has 1 amide bonds. The Morgan fingerprint density at radius 3 is 2.76 bits per heavy atom. The van der Waals surface area contributed by atoms with Crippen LogP contribution in [0.2, 0.25) is 0 Å². The van der Waals surface area contributed by atoms with Gasteiger partial charge in [0.05, 0.1) is 6.54 Å². The Kier molecular flexibility index (Phi) is 7.22. The Hall–Kier alpha value is -1.56. The van der Waals surface area contributed by atoms with Crippen LogP contribution in [0.1, 0.15) is 25.8 Å². The topological polar surface area (TPSA) is 65.5 Å². The predicted molar refractivity (Wildman–Crippen MR) is 91.8 cm³/mol. The van der Waals surface area contributed by atoms with E-state index in [-0.39, 0.29) is 12.5 Å². The van der Waals surface area contributed by atoms with Crippen molar-refractivity contribution >= 4 is 33.5 Å². The third-order valence-corrected chi connectivity index (χ3v) is 3.60. The van der Waals surface area contributed by atoms with E-state index in [0.29, 0.717) is 12.0 Å². The number of anilines is 1. The molecule has 0 saturated carbocycles. The maximum atomic E-state index is 12.0. The van der Waals surface area contributed by atoms with Crippen LogP contribution >= 0.6 is 15.9 Å². The summed E-state index contributed by atoms with van der Waals surface area (Å²) in [4.78, 5) is 16.1. The summed E-state index contributed by atoms with van der Waals surface area (Å²) in [6, 6.07) is 6.10. The van der Waals surface area contributed by atoms with Crippen molar-refractivity contribution in [2.24, 2.45) is 4.99 Å². The molecule has 5 nitrogen and oxygen atoms in total. The van der Waals surface area contributed by atoms with E-state index in [1.54, 1.807) is 7.05 Å². The van der Waals surface area contributed by atoms with Gasteiger partial charge in [0.1, 0.15) is 0 Å². The van der Waals surface area contributed by atoms with Gasteiger partial charge in [0.2, 0.25) is 5.91 Å². The average Bonchev–Trinajstić information content (AvgIpc) is 2.46. The molecule has 0 aliphatic heterocycles. The van der Waals surface area contributed by atoms with Crippen LogP contribution in [0.4, 0.5) is 5.69 Å². The Morgan fingerprint density at radius 1 is 1.43 bits per heavy atom. The van der Waals surface area contributed by atoms with Crippen LogP contribution in [0.5, 0.6) is 0 Å². The predicted octanol–water partition coefficient (Wildman–Crippen LogP) is 2.66. The first-order valence-corrected chi connectivity index (χ1v) is 7.78. The maximum Gasteiger partial charge on any atom is 0.243 e. The first-order chi connectivity index (χ1) is 9.96. The van der Waals surface area contributed by atoms with Crippen molar-refractivity contribution in [2.75, 3.05) is 18.9 Å². The monoisotopic (exact) mass is 354 g/mol. The van der Waals surface area contributed by atoms with Crippen LogP contribution in [0.25, 0.3) is 0 Å². The van der Waals surface area contributed by atoms with E-state index in [9.17, 15) is 4.79 Å². The van der Waals surface area contributed by atoms with Crippen LogP contribution in [0, 0.1) is 6.92 Å². The number of aliphatic imine (C=N–C) groups is 1. The maximum absolute atomic E-state index is 12.0. The minimum atomic E-state index is -0.108. The van der Waals surface area contributed by atoms with Crippen LogP contribution < -0.4 is 16.0 Å². The normalized spacial score (nSPS) is 12.7. The van der Waals surface area contributed by atoms with E-state index in [2.05, 4.69) is 50.7 Å². The Labute approximate surface area is 134 Å². The van der Waals surface area contributed by atoms with Gasteiger partial charge in [0, 0.05) is 23.2 Å². The van der Waals surface area contributed by atoms with Gasteiger partial charge in [-0.05, 0) is 38.0 Å². The molecule has 3 N–H and O–H groups in total. The van der Waals surface area contributed by atoms with Gasteiger partial charge in [0.15, 0.2) is 5.96 Å². The molecule has 0 spiro atoms. The highest BCUT2D eigenvalue weighted by atomic mass is 79.9. The van der Waals surface area contributed by atoms with Crippen molar-refractivity contribution in [1.29, 1.82) is 0 Å². The van der Waals surface area contributed by atoms with Gasteiger partial charge in [-0.3, -0.25) is 9.79 Å². The molecule has 0 aliphatic carbocycles. The smallest absolute Gasteiger partial charge is 0.243 e. The number of carbonyl (C=O) groups excluding carboxylic acids is 1. The first-order valence-electron chi connectivity index (χ1n) is 6.99. The molecule has 0 aliphatic rings. The van der Waals surface area contributed by atoms with Gasteiger partial charge in [-0.15, -0.1) is 0 Å². The zero-order valence-corrected chi connectivity index (χ0v) is 14.5. The quantitative estimate of drug-likeness (QED) is 0.562. The lowest BCUT2D eigenvalue weighted by Crippen LogP contribution is -2.44. The Balaban J connectivity index is 2.52. The summed E-state index contributed by atoms with van der Waals surface area (Å²) >= 11 is 3.40. The summed E-state index contributed by atoms with van der Waals surface area (Å²) in [6.45, 7) is 6.28. The number of nitrogens with one attached hydrogen (secondary N) is 3. The Morgan fingerprint density at radius 2 is 2.14 bits per heavy atom. The summed E-state index contributed by atoms with van der Waals surface area (Å²) in [5.74, 6) is 0.522. The molecule has 0 saturated heterocycles. The van der Waals surface area contributed by atoms with E-state index < -0.39 is 0 Å². The molecule has 0 heterocycles. The number of aryl methyl sites for hydroxylation is 1. The lowest BCUT2D eigenvalue weighted by Gasteiger charge is -2.16. The number of guanidine groups is 1. The molecular weight excluding hydrogens is 332 g/mol. The standard InChI is InChI=1S/C15H23BrN4O/c1-5-11(3)19-15(17-4)18-9-14(21)20-13-8-12(16)7-6-10(13)2/h6-8,11H,5,9H2,1-4H3,(H,20,21)(H2,17,18,19). The van der Waals surface area contributed by atoms with Crippen molar-refractivity contribution in [2.45, 2.75) is 33.2 Å². The average molecular weight is 355 g/mol. The van der Waals surface area contributed by atoms with Crippen LogP contribution in [-0.4, -0.2) is 31.5 Å². The van der Waals surface area contributed by atoms with Crippen molar-refractivity contribution in [3.8, 4) is 0 Å². The second-order valence-corrected chi connectivity index (χ2v) is 5.80. The molecule has 0 bridgehead atoms. The first kappa shape index (κ1) is 17.5. The summed E-state index contributed by atoms with van der Waals surface area (Å²) in [5, 5.41) is 9.09. The molecule has 21 heavy (non-hydrogen) atoms. The lowest BCUT2D eigenvalue weighted by atomic mass is 10.2. The Bertz CT molecular complexity index is 516. The highest BCUT2D eigenvalue weighted by Gasteiger charge is 2.07. The minimum absolute atomic E-state index is 0.108. The summed E-state index contributed by atoms with van der Waals surface area (Å²) < 4.78 is 0.936. The van der Waals surface area contributed by atoms with E-state index in [0.717, 1.165) is 22.1 Å². The van der Waals surface area contributed by atoms with Gasteiger partial charge < -0.3 is 16.0 Å². The zero-order valence-electron chi connectivity index (χ0n) is 13.0. The fourth-order valence-corrected chi connectivity index (χ4v) is 1.98. The largest absolute Gasteiger partial charge is 0.354 e. The van der Waals surface area contributed by atoms with Crippen LogP contribution in [-0.2, 0) is 4.79 Å². The number of nitrogens with zero attached hydrogens (tertiary/aromatic N) is 1. The number of hydrogen-bond acceptors (Lipinski definition) is 2. The second-order valence-electron chi connectivity index (χ2n) is 4.89. The third kappa shape index (κ3) is 6.16. The lowest BCUT2D eigenvalue weighted by molar-refractivity contribution is -0.115. The summed E-state index contributed by atoms with van der Waals surface area (Å²) in [7, 11) is 1.69. The van der Waals surface area contributed by atoms with Crippen LogP contribution in [0.3, 0.4) is 0 Å². The molecule has 1 aromatic carbocycles. The van der Waals surface area contributed by atoms with Gasteiger partial charge in [-0.25, -0.2) is 0 Å².